The van der Waals surface area contributed by atoms with Crippen LogP contribution in [0.15, 0.2) is 30.9 Å². The van der Waals surface area contributed by atoms with E-state index in [0.717, 1.165) is 18.2 Å². The van der Waals surface area contributed by atoms with E-state index in [1.54, 1.807) is 0 Å². The number of amides is 1. The summed E-state index contributed by atoms with van der Waals surface area (Å²) in [5.41, 5.74) is -6.37. The first kappa shape index (κ1) is 27.0. The predicted molar refractivity (Wildman–Crippen MR) is 101 cm³/mol. The van der Waals surface area contributed by atoms with E-state index in [9.17, 15) is 44.3 Å². The quantitative estimate of drug-likeness (QED) is 0.162. The summed E-state index contributed by atoms with van der Waals surface area (Å²) < 4.78 is 118. The van der Waals surface area contributed by atoms with Gasteiger partial charge in [0.1, 0.15) is 12.4 Å². The van der Waals surface area contributed by atoms with Crippen molar-refractivity contribution >= 4 is 50.5 Å². The fourth-order valence-corrected chi connectivity index (χ4v) is 3.52. The van der Waals surface area contributed by atoms with Crippen molar-refractivity contribution in [1.29, 1.82) is 0 Å². The van der Waals surface area contributed by atoms with Crippen molar-refractivity contribution in [2.75, 3.05) is 17.7 Å². The second-order valence-electron chi connectivity index (χ2n) is 5.65. The first-order chi connectivity index (χ1) is 13.9. The third-order valence-corrected chi connectivity index (χ3v) is 5.01. The Bertz CT molecular complexity index is 948. The SMILES string of the molecule is C=CCOC(=O)Nc1ccc(C(=O)OC(CS(=O)(=O)O)(C(F)(F)F)C(F)(F)F)cc1I. The van der Waals surface area contributed by atoms with E-state index in [4.69, 9.17) is 4.55 Å². The summed E-state index contributed by atoms with van der Waals surface area (Å²) in [6.07, 6.45) is -12.6. The molecule has 0 aliphatic rings. The molecule has 0 aliphatic carbocycles. The number of hydrogen-bond donors (Lipinski definition) is 2. The van der Waals surface area contributed by atoms with Gasteiger partial charge >= 0.3 is 30.0 Å². The van der Waals surface area contributed by atoms with Crippen LogP contribution in [0, 0.1) is 3.57 Å². The Morgan fingerprint density at radius 1 is 1.16 bits per heavy atom. The van der Waals surface area contributed by atoms with E-state index in [1.165, 1.54) is 28.7 Å². The van der Waals surface area contributed by atoms with Crippen LogP contribution in [0.4, 0.5) is 36.8 Å². The lowest BCUT2D eigenvalue weighted by Gasteiger charge is -2.35. The molecule has 0 radical (unpaired) electrons. The van der Waals surface area contributed by atoms with Gasteiger partial charge < -0.3 is 9.47 Å². The lowest BCUT2D eigenvalue weighted by atomic mass is 10.1. The molecule has 0 unspecified atom stereocenters. The smallest absolute Gasteiger partial charge is 0.438 e. The van der Waals surface area contributed by atoms with Crippen molar-refractivity contribution in [2.45, 2.75) is 18.0 Å². The van der Waals surface area contributed by atoms with Crippen molar-refractivity contribution in [3.63, 3.8) is 0 Å². The first-order valence-electron chi connectivity index (χ1n) is 7.59. The monoisotopic (exact) mass is 591 g/mol. The molecule has 8 nitrogen and oxygen atoms in total. The van der Waals surface area contributed by atoms with Gasteiger partial charge in [0, 0.05) is 3.57 Å². The van der Waals surface area contributed by atoms with Crippen molar-refractivity contribution in [1.82, 2.24) is 0 Å². The van der Waals surface area contributed by atoms with E-state index >= 15 is 0 Å². The maximum absolute atomic E-state index is 13.2. The minimum absolute atomic E-state index is 0.0120. The van der Waals surface area contributed by atoms with E-state index in [1.807, 2.05) is 0 Å². The molecule has 1 rings (SSSR count). The van der Waals surface area contributed by atoms with Crippen molar-refractivity contribution < 1.29 is 58.4 Å². The van der Waals surface area contributed by atoms with Gasteiger partial charge in [0.05, 0.1) is 11.3 Å². The largest absolute Gasteiger partial charge is 0.445 e. The van der Waals surface area contributed by atoms with E-state index < -0.39 is 51.5 Å². The van der Waals surface area contributed by atoms with Crippen LogP contribution in [0.3, 0.4) is 0 Å². The zero-order valence-corrected chi connectivity index (χ0v) is 17.9. The van der Waals surface area contributed by atoms with Crippen LogP contribution in [0.1, 0.15) is 10.4 Å². The topological polar surface area (TPSA) is 119 Å². The summed E-state index contributed by atoms with van der Waals surface area (Å²) in [5, 5.41) is 2.20. The van der Waals surface area contributed by atoms with Gasteiger partial charge in [-0.2, -0.15) is 34.8 Å². The molecule has 0 saturated heterocycles. The Morgan fingerprint density at radius 3 is 2.13 bits per heavy atom. The molecule has 0 heterocycles. The van der Waals surface area contributed by atoms with Gasteiger partial charge in [-0.15, -0.1) is 0 Å². The molecular formula is C15H12F6INO7S. The molecule has 174 valence electrons. The van der Waals surface area contributed by atoms with E-state index in [-0.39, 0.29) is 15.9 Å². The Balaban J connectivity index is 3.29. The van der Waals surface area contributed by atoms with Crippen LogP contribution < -0.4 is 5.32 Å². The number of hydrogen-bond acceptors (Lipinski definition) is 6. The van der Waals surface area contributed by atoms with Crippen molar-refractivity contribution in [3.8, 4) is 0 Å². The summed E-state index contributed by atoms with van der Waals surface area (Å²) in [6, 6.07) is 2.45. The Kier molecular flexibility index (Phi) is 8.34. The number of ether oxygens (including phenoxy) is 2. The number of esters is 1. The second kappa shape index (κ2) is 9.60. The molecule has 31 heavy (non-hydrogen) atoms. The average molecular weight is 591 g/mol. The fourth-order valence-electron chi connectivity index (χ4n) is 1.97. The summed E-state index contributed by atoms with van der Waals surface area (Å²) in [5.74, 6) is -5.18. The molecular weight excluding hydrogens is 579 g/mol. The average Bonchev–Trinajstić information content (AvgIpc) is 2.57. The van der Waals surface area contributed by atoms with Crippen LogP contribution in [-0.4, -0.2) is 55.3 Å². The number of carbonyl (C=O) groups excluding carboxylic acids is 2. The zero-order valence-electron chi connectivity index (χ0n) is 14.9. The van der Waals surface area contributed by atoms with Crippen molar-refractivity contribution in [3.05, 3.63) is 40.0 Å². The standard InChI is InChI=1S/C15H12F6INO7S/c1-2-5-29-12(25)23-10-4-3-8(6-9(10)22)11(24)30-13(14(16,17)18,15(19,20)21)7-31(26,27)28/h2-4,6H,1,5,7H2,(H,23,25)(H,26,27,28). The van der Waals surface area contributed by atoms with Crippen molar-refractivity contribution in [2.24, 2.45) is 0 Å². The number of carbonyl (C=O) groups is 2. The van der Waals surface area contributed by atoms with Gasteiger partial charge in [0.25, 0.3) is 10.1 Å². The van der Waals surface area contributed by atoms with Gasteiger partial charge in [-0.25, -0.2) is 9.59 Å². The Hall–Kier alpha value is -2.08. The number of nitrogens with one attached hydrogen (secondary N) is 1. The Morgan fingerprint density at radius 2 is 1.71 bits per heavy atom. The van der Waals surface area contributed by atoms with Crippen LogP contribution >= 0.6 is 22.6 Å². The molecule has 0 spiro atoms. The predicted octanol–water partition coefficient (Wildman–Crippen LogP) is 3.93. The minimum atomic E-state index is -6.44. The maximum Gasteiger partial charge on any atom is 0.438 e. The number of alkyl halides is 6. The van der Waals surface area contributed by atoms with Gasteiger partial charge in [-0.1, -0.05) is 12.7 Å². The molecule has 16 heteroatoms. The summed E-state index contributed by atoms with van der Waals surface area (Å²) >= 11 is 1.50. The van der Waals surface area contributed by atoms with E-state index in [2.05, 4.69) is 21.4 Å². The molecule has 1 amide bonds. The number of anilines is 1. The number of halogens is 7. The highest BCUT2D eigenvalue weighted by molar-refractivity contribution is 14.1. The van der Waals surface area contributed by atoms with Gasteiger partial charge in [-0.3, -0.25) is 9.87 Å². The normalized spacial score (nSPS) is 12.8. The highest BCUT2D eigenvalue weighted by Crippen LogP contribution is 2.47. The summed E-state index contributed by atoms with van der Waals surface area (Å²) in [6.45, 7) is 3.15. The van der Waals surface area contributed by atoms with Gasteiger partial charge in [-0.05, 0) is 40.8 Å². The maximum atomic E-state index is 13.2. The first-order valence-corrected chi connectivity index (χ1v) is 10.3. The highest BCUT2D eigenvalue weighted by Gasteiger charge is 2.76. The molecule has 0 aromatic heterocycles. The fraction of sp³-hybridized carbons (Fsp3) is 0.333. The molecule has 0 fully saturated rings. The lowest BCUT2D eigenvalue weighted by molar-refractivity contribution is -0.356. The number of rotatable bonds is 7. The minimum Gasteiger partial charge on any atom is -0.445 e. The second-order valence-corrected chi connectivity index (χ2v) is 8.26. The van der Waals surface area contributed by atoms with Gasteiger partial charge in [0.15, 0.2) is 0 Å². The molecule has 0 aliphatic heterocycles. The van der Waals surface area contributed by atoms with Crippen LogP contribution in [-0.2, 0) is 19.6 Å². The molecule has 1 aromatic carbocycles. The molecule has 0 atom stereocenters. The molecule has 2 N–H and O–H groups in total. The van der Waals surface area contributed by atoms with E-state index in [0.29, 0.717) is 0 Å². The van der Waals surface area contributed by atoms with Crippen LogP contribution in [0.2, 0.25) is 0 Å². The van der Waals surface area contributed by atoms with Crippen LogP contribution in [0.25, 0.3) is 0 Å². The lowest BCUT2D eigenvalue weighted by Crippen LogP contribution is -2.63. The van der Waals surface area contributed by atoms with Gasteiger partial charge in [0.2, 0.25) is 0 Å². The number of benzene rings is 1. The molecule has 0 bridgehead atoms. The highest BCUT2D eigenvalue weighted by atomic mass is 127. The third kappa shape index (κ3) is 6.96. The summed E-state index contributed by atoms with van der Waals surface area (Å²) in [7, 11) is -5.90. The molecule has 0 saturated carbocycles. The summed E-state index contributed by atoms with van der Waals surface area (Å²) in [4.78, 5) is 23.5. The Labute approximate surface area is 184 Å². The van der Waals surface area contributed by atoms with Crippen LogP contribution in [0.5, 0.6) is 0 Å². The molecule has 1 aromatic rings. The third-order valence-electron chi connectivity index (χ3n) is 3.34. The zero-order chi connectivity index (χ0) is 24.3.